The minimum Gasteiger partial charge on any atom is -0.349 e. The Morgan fingerprint density at radius 2 is 1.91 bits per heavy atom. The van der Waals surface area contributed by atoms with Gasteiger partial charge in [0.15, 0.2) is 0 Å². The fourth-order valence-corrected chi connectivity index (χ4v) is 4.06. The van der Waals surface area contributed by atoms with Crippen molar-refractivity contribution in [2.45, 2.75) is 38.1 Å². The van der Waals surface area contributed by atoms with Crippen LogP contribution in [0.4, 0.5) is 0 Å². The summed E-state index contributed by atoms with van der Waals surface area (Å²) >= 11 is 1.65. The van der Waals surface area contributed by atoms with E-state index in [1.54, 1.807) is 11.3 Å². The summed E-state index contributed by atoms with van der Waals surface area (Å²) < 4.78 is 0. The predicted molar refractivity (Wildman–Crippen MR) is 98.5 cm³/mol. The van der Waals surface area contributed by atoms with Crippen molar-refractivity contribution >= 4 is 29.7 Å². The van der Waals surface area contributed by atoms with E-state index in [9.17, 15) is 4.79 Å². The lowest BCUT2D eigenvalue weighted by Gasteiger charge is -2.12. The molecule has 1 aliphatic carbocycles. The summed E-state index contributed by atoms with van der Waals surface area (Å²) in [4.78, 5) is 14.6. The Bertz CT molecular complexity index is 618. The van der Waals surface area contributed by atoms with E-state index in [2.05, 4.69) is 11.4 Å². The summed E-state index contributed by atoms with van der Waals surface area (Å²) in [7, 11) is 0. The lowest BCUT2D eigenvalue weighted by molar-refractivity contribution is 0.0955. The van der Waals surface area contributed by atoms with Crippen LogP contribution in [0.25, 0.3) is 0 Å². The standard InChI is InChI=1S/C18H22N2OS.ClH/c19-15(13-7-3-1-4-8-13)12-20-18(21)17-11-14-9-5-2-6-10-16(14)22-17;/h1,3-4,7-8,11,15H,2,5-6,9-10,12,19H2,(H,20,21);1H. The summed E-state index contributed by atoms with van der Waals surface area (Å²) in [6.07, 6.45) is 6.02. The normalized spacial score (nSPS) is 15.0. The fourth-order valence-electron chi connectivity index (χ4n) is 2.89. The minimum absolute atomic E-state index is 0. The van der Waals surface area contributed by atoms with Crippen LogP contribution in [0.15, 0.2) is 36.4 Å². The molecule has 0 saturated carbocycles. The lowest BCUT2D eigenvalue weighted by atomic mass is 10.1. The highest BCUT2D eigenvalue weighted by molar-refractivity contribution is 7.14. The number of hydrogen-bond acceptors (Lipinski definition) is 3. The van der Waals surface area contributed by atoms with Crippen molar-refractivity contribution in [1.82, 2.24) is 5.32 Å². The number of aryl methyl sites for hydroxylation is 2. The van der Waals surface area contributed by atoms with Gasteiger partial charge in [0.25, 0.3) is 5.91 Å². The molecule has 1 aromatic heterocycles. The van der Waals surface area contributed by atoms with Crippen molar-refractivity contribution in [2.75, 3.05) is 6.54 Å². The van der Waals surface area contributed by atoms with Crippen LogP contribution in [0.2, 0.25) is 0 Å². The van der Waals surface area contributed by atoms with E-state index in [0.717, 1.165) is 23.3 Å². The Balaban J connectivity index is 0.00000192. The molecule has 124 valence electrons. The number of benzene rings is 1. The second kappa shape index (κ2) is 8.48. The summed E-state index contributed by atoms with van der Waals surface area (Å²) in [6, 6.07) is 11.8. The summed E-state index contributed by atoms with van der Waals surface area (Å²) in [5.41, 5.74) is 8.55. The average molecular weight is 351 g/mol. The van der Waals surface area contributed by atoms with Crippen molar-refractivity contribution in [3.05, 3.63) is 57.3 Å². The van der Waals surface area contributed by atoms with Gasteiger partial charge in [-0.05, 0) is 42.9 Å². The van der Waals surface area contributed by atoms with E-state index in [1.165, 1.54) is 29.7 Å². The SMILES string of the molecule is Cl.NC(CNC(=O)c1cc2c(s1)CCCCC2)c1ccccc1. The third-order valence-corrected chi connectivity index (χ3v) is 5.42. The average Bonchev–Trinajstić information content (AvgIpc) is 2.84. The van der Waals surface area contributed by atoms with Crippen LogP contribution in [-0.2, 0) is 12.8 Å². The van der Waals surface area contributed by atoms with Gasteiger partial charge in [0.1, 0.15) is 0 Å². The number of hydrogen-bond donors (Lipinski definition) is 2. The molecular formula is C18H23ClN2OS. The van der Waals surface area contributed by atoms with E-state index in [-0.39, 0.29) is 24.4 Å². The Morgan fingerprint density at radius 1 is 1.17 bits per heavy atom. The molecule has 0 radical (unpaired) electrons. The highest BCUT2D eigenvalue weighted by Gasteiger charge is 2.17. The Kier molecular flexibility index (Phi) is 6.63. The van der Waals surface area contributed by atoms with Gasteiger partial charge in [0.2, 0.25) is 0 Å². The van der Waals surface area contributed by atoms with Crippen molar-refractivity contribution in [1.29, 1.82) is 0 Å². The number of fused-ring (bicyclic) bond motifs is 1. The van der Waals surface area contributed by atoms with Gasteiger partial charge in [-0.2, -0.15) is 0 Å². The predicted octanol–water partition coefficient (Wildman–Crippen LogP) is 3.87. The van der Waals surface area contributed by atoms with Crippen molar-refractivity contribution in [2.24, 2.45) is 5.73 Å². The van der Waals surface area contributed by atoms with Gasteiger partial charge in [-0.1, -0.05) is 36.8 Å². The summed E-state index contributed by atoms with van der Waals surface area (Å²) in [5.74, 6) is 0.00412. The molecule has 0 saturated heterocycles. The second-order valence-corrected chi connectivity index (χ2v) is 6.98. The largest absolute Gasteiger partial charge is 0.349 e. The van der Waals surface area contributed by atoms with Gasteiger partial charge in [-0.3, -0.25) is 4.79 Å². The molecule has 1 heterocycles. The Hall–Kier alpha value is -1.36. The van der Waals surface area contributed by atoms with Gasteiger partial charge >= 0.3 is 0 Å². The lowest BCUT2D eigenvalue weighted by Crippen LogP contribution is -2.31. The zero-order valence-corrected chi connectivity index (χ0v) is 14.7. The Labute approximate surface area is 147 Å². The van der Waals surface area contributed by atoms with Gasteiger partial charge in [-0.15, -0.1) is 23.7 Å². The van der Waals surface area contributed by atoms with Crippen LogP contribution in [-0.4, -0.2) is 12.5 Å². The first-order valence-corrected chi connectivity index (χ1v) is 8.76. The van der Waals surface area contributed by atoms with Crippen molar-refractivity contribution in [3.8, 4) is 0 Å². The number of nitrogens with one attached hydrogen (secondary N) is 1. The number of rotatable bonds is 4. The first-order chi connectivity index (χ1) is 10.7. The number of carbonyl (C=O) groups is 1. The van der Waals surface area contributed by atoms with Crippen molar-refractivity contribution < 1.29 is 4.79 Å². The molecule has 1 atom stereocenters. The molecule has 3 rings (SSSR count). The monoisotopic (exact) mass is 350 g/mol. The van der Waals surface area contributed by atoms with Crippen LogP contribution >= 0.6 is 23.7 Å². The van der Waals surface area contributed by atoms with E-state index in [0.29, 0.717) is 6.54 Å². The molecule has 3 nitrogen and oxygen atoms in total. The number of carbonyl (C=O) groups excluding carboxylic acids is 1. The molecule has 3 N–H and O–H groups in total. The topological polar surface area (TPSA) is 55.1 Å². The summed E-state index contributed by atoms with van der Waals surface area (Å²) in [6.45, 7) is 0.464. The van der Waals surface area contributed by atoms with Crippen LogP contribution in [0.3, 0.4) is 0 Å². The molecule has 0 spiro atoms. The van der Waals surface area contributed by atoms with Crippen LogP contribution in [0, 0.1) is 0 Å². The molecule has 1 aliphatic rings. The van der Waals surface area contributed by atoms with E-state index in [4.69, 9.17) is 5.73 Å². The highest BCUT2D eigenvalue weighted by atomic mass is 35.5. The first-order valence-electron chi connectivity index (χ1n) is 7.94. The minimum atomic E-state index is -0.164. The zero-order valence-electron chi connectivity index (χ0n) is 13.1. The molecule has 1 aromatic carbocycles. The fraction of sp³-hybridized carbons (Fsp3) is 0.389. The molecular weight excluding hydrogens is 328 g/mol. The van der Waals surface area contributed by atoms with Gasteiger partial charge in [0.05, 0.1) is 4.88 Å². The van der Waals surface area contributed by atoms with Gasteiger partial charge < -0.3 is 11.1 Å². The first kappa shape index (κ1) is 18.0. The molecule has 0 aliphatic heterocycles. The molecule has 2 aromatic rings. The van der Waals surface area contributed by atoms with Crippen LogP contribution in [0.1, 0.15) is 51.0 Å². The quantitative estimate of drug-likeness (QED) is 0.822. The van der Waals surface area contributed by atoms with E-state index >= 15 is 0 Å². The number of nitrogens with two attached hydrogens (primary N) is 1. The second-order valence-electron chi connectivity index (χ2n) is 5.85. The maximum Gasteiger partial charge on any atom is 0.261 e. The van der Waals surface area contributed by atoms with Crippen LogP contribution in [0.5, 0.6) is 0 Å². The number of halogens is 1. The summed E-state index contributed by atoms with van der Waals surface area (Å²) in [5, 5.41) is 2.97. The third-order valence-electron chi connectivity index (χ3n) is 4.18. The Morgan fingerprint density at radius 3 is 2.70 bits per heavy atom. The maximum absolute atomic E-state index is 12.3. The maximum atomic E-state index is 12.3. The van der Waals surface area contributed by atoms with Gasteiger partial charge in [-0.25, -0.2) is 0 Å². The smallest absolute Gasteiger partial charge is 0.261 e. The molecule has 1 unspecified atom stereocenters. The molecule has 5 heteroatoms. The third kappa shape index (κ3) is 4.56. The highest BCUT2D eigenvalue weighted by Crippen LogP contribution is 2.28. The molecule has 1 amide bonds. The zero-order chi connectivity index (χ0) is 15.4. The van der Waals surface area contributed by atoms with E-state index < -0.39 is 0 Å². The molecule has 0 bridgehead atoms. The number of amides is 1. The van der Waals surface area contributed by atoms with Crippen LogP contribution < -0.4 is 11.1 Å². The molecule has 23 heavy (non-hydrogen) atoms. The number of thiophene rings is 1. The molecule has 0 fully saturated rings. The van der Waals surface area contributed by atoms with Gasteiger partial charge in [0, 0.05) is 17.5 Å². The van der Waals surface area contributed by atoms with E-state index in [1.807, 2.05) is 30.3 Å². The van der Waals surface area contributed by atoms with Crippen molar-refractivity contribution in [3.63, 3.8) is 0 Å².